The van der Waals surface area contributed by atoms with Crippen molar-refractivity contribution in [2.24, 2.45) is 0 Å². The highest BCUT2D eigenvalue weighted by Gasteiger charge is 2.30. The monoisotopic (exact) mass is 446 g/mol. The standard InChI is InChI=1S/C19H19BrN4O4/c20-15-3-1-2-4-17(15)22-8-7-13(12-22)21-16-6-5-14(24(26)27)11-18(16)23-9-10-28-19(23)25/h1-6,11,13,21H,7-10,12H2. The molecule has 2 aliphatic heterocycles. The Morgan fingerprint density at radius 3 is 2.71 bits per heavy atom. The maximum Gasteiger partial charge on any atom is 0.414 e. The van der Waals surface area contributed by atoms with Gasteiger partial charge < -0.3 is 15.0 Å². The third-order valence-electron chi connectivity index (χ3n) is 4.98. The predicted molar refractivity (Wildman–Crippen MR) is 110 cm³/mol. The van der Waals surface area contributed by atoms with Gasteiger partial charge >= 0.3 is 6.09 Å². The first-order valence-corrected chi connectivity index (χ1v) is 9.81. The molecular formula is C19H19BrN4O4. The lowest BCUT2D eigenvalue weighted by molar-refractivity contribution is -0.384. The Balaban J connectivity index is 1.55. The lowest BCUT2D eigenvalue weighted by Gasteiger charge is -2.23. The largest absolute Gasteiger partial charge is 0.447 e. The number of nitro groups is 1. The number of non-ortho nitro benzene ring substituents is 1. The lowest BCUT2D eigenvalue weighted by atomic mass is 10.2. The Labute approximate surface area is 170 Å². The summed E-state index contributed by atoms with van der Waals surface area (Å²) in [6.45, 7) is 2.35. The summed E-state index contributed by atoms with van der Waals surface area (Å²) in [5.74, 6) is 0. The third-order valence-corrected chi connectivity index (χ3v) is 5.66. The average Bonchev–Trinajstić information content (AvgIpc) is 3.31. The average molecular weight is 447 g/mol. The quantitative estimate of drug-likeness (QED) is 0.551. The van der Waals surface area contributed by atoms with Crippen molar-refractivity contribution in [3.63, 3.8) is 0 Å². The zero-order valence-corrected chi connectivity index (χ0v) is 16.6. The van der Waals surface area contributed by atoms with Crippen LogP contribution < -0.4 is 15.1 Å². The number of hydrogen-bond acceptors (Lipinski definition) is 6. The van der Waals surface area contributed by atoms with Gasteiger partial charge in [-0.1, -0.05) is 12.1 Å². The van der Waals surface area contributed by atoms with Gasteiger partial charge in [-0.05, 0) is 40.5 Å². The Hall–Kier alpha value is -2.81. The van der Waals surface area contributed by atoms with Crippen LogP contribution in [0.15, 0.2) is 46.9 Å². The van der Waals surface area contributed by atoms with Gasteiger partial charge in [-0.2, -0.15) is 0 Å². The number of cyclic esters (lactones) is 1. The molecule has 2 aliphatic rings. The first-order chi connectivity index (χ1) is 13.5. The fraction of sp³-hybridized carbons (Fsp3) is 0.316. The van der Waals surface area contributed by atoms with Crippen LogP contribution in [0.2, 0.25) is 0 Å². The molecule has 0 saturated carbocycles. The second-order valence-corrected chi connectivity index (χ2v) is 7.61. The van der Waals surface area contributed by atoms with E-state index in [2.05, 4.69) is 32.2 Å². The van der Waals surface area contributed by atoms with Gasteiger partial charge in [0.25, 0.3) is 5.69 Å². The lowest BCUT2D eigenvalue weighted by Crippen LogP contribution is -2.29. The minimum atomic E-state index is -0.482. The summed E-state index contributed by atoms with van der Waals surface area (Å²) in [5, 5.41) is 14.6. The molecule has 146 valence electrons. The molecule has 0 aromatic heterocycles. The number of carbonyl (C=O) groups is 1. The molecular weight excluding hydrogens is 428 g/mol. The minimum absolute atomic E-state index is 0.0542. The van der Waals surface area contributed by atoms with E-state index in [0.29, 0.717) is 17.9 Å². The summed E-state index contributed by atoms with van der Waals surface area (Å²) in [6.07, 6.45) is 0.437. The van der Waals surface area contributed by atoms with Crippen molar-refractivity contribution in [2.45, 2.75) is 12.5 Å². The van der Waals surface area contributed by atoms with Crippen molar-refractivity contribution in [2.75, 3.05) is 41.4 Å². The van der Waals surface area contributed by atoms with Gasteiger partial charge in [0.1, 0.15) is 6.61 Å². The number of anilines is 3. The number of carbonyl (C=O) groups excluding carboxylic acids is 1. The number of ether oxygens (including phenoxy) is 1. The second kappa shape index (κ2) is 7.67. The summed E-state index contributed by atoms with van der Waals surface area (Å²) in [5.41, 5.74) is 2.26. The van der Waals surface area contributed by atoms with E-state index in [1.165, 1.54) is 17.0 Å². The second-order valence-electron chi connectivity index (χ2n) is 6.75. The molecule has 4 rings (SSSR count). The Kier molecular flexibility index (Phi) is 5.08. The molecule has 28 heavy (non-hydrogen) atoms. The van der Waals surface area contributed by atoms with Crippen LogP contribution in [0.5, 0.6) is 0 Å². The van der Waals surface area contributed by atoms with Crippen LogP contribution in [-0.2, 0) is 4.74 Å². The minimum Gasteiger partial charge on any atom is -0.447 e. The van der Waals surface area contributed by atoms with Crippen molar-refractivity contribution in [1.82, 2.24) is 0 Å². The summed E-state index contributed by atoms with van der Waals surface area (Å²) < 4.78 is 6.06. The predicted octanol–water partition coefficient (Wildman–Crippen LogP) is 4.00. The molecule has 2 heterocycles. The summed E-state index contributed by atoms with van der Waals surface area (Å²) in [4.78, 5) is 26.5. The first-order valence-electron chi connectivity index (χ1n) is 9.01. The van der Waals surface area contributed by atoms with Crippen molar-refractivity contribution < 1.29 is 14.5 Å². The SMILES string of the molecule is O=C1OCCN1c1cc([N+](=O)[O-])ccc1NC1CCN(c2ccccc2Br)C1. The van der Waals surface area contributed by atoms with E-state index >= 15 is 0 Å². The van der Waals surface area contributed by atoms with Crippen LogP contribution in [-0.4, -0.2) is 43.3 Å². The smallest absolute Gasteiger partial charge is 0.414 e. The van der Waals surface area contributed by atoms with Crippen LogP contribution in [0, 0.1) is 10.1 Å². The van der Waals surface area contributed by atoms with E-state index in [4.69, 9.17) is 4.74 Å². The number of rotatable bonds is 5. The zero-order chi connectivity index (χ0) is 19.7. The van der Waals surface area contributed by atoms with Crippen LogP contribution in [0.3, 0.4) is 0 Å². The maximum absolute atomic E-state index is 12.0. The van der Waals surface area contributed by atoms with Crippen molar-refractivity contribution in [3.05, 3.63) is 57.1 Å². The maximum atomic E-state index is 12.0. The fourth-order valence-corrected chi connectivity index (χ4v) is 4.15. The fourth-order valence-electron chi connectivity index (χ4n) is 3.62. The van der Waals surface area contributed by atoms with E-state index in [9.17, 15) is 14.9 Å². The summed E-state index contributed by atoms with van der Waals surface area (Å²) in [6, 6.07) is 12.8. The first kappa shape index (κ1) is 18.5. The van der Waals surface area contributed by atoms with Gasteiger partial charge in [0.2, 0.25) is 0 Å². The zero-order valence-electron chi connectivity index (χ0n) is 15.0. The molecule has 0 spiro atoms. The third kappa shape index (κ3) is 3.62. The molecule has 0 radical (unpaired) electrons. The number of benzene rings is 2. The van der Waals surface area contributed by atoms with E-state index in [-0.39, 0.29) is 18.3 Å². The number of amides is 1. The molecule has 1 amide bonds. The van der Waals surface area contributed by atoms with Gasteiger partial charge in [-0.15, -0.1) is 0 Å². The molecule has 0 bridgehead atoms. The highest BCUT2D eigenvalue weighted by atomic mass is 79.9. The Morgan fingerprint density at radius 1 is 1.18 bits per heavy atom. The topological polar surface area (TPSA) is 87.9 Å². The molecule has 2 aromatic rings. The molecule has 0 aliphatic carbocycles. The van der Waals surface area contributed by atoms with Gasteiger partial charge in [0, 0.05) is 35.7 Å². The molecule has 2 fully saturated rings. The number of halogens is 1. The highest BCUT2D eigenvalue weighted by molar-refractivity contribution is 9.10. The number of nitro benzene ring substituents is 1. The van der Waals surface area contributed by atoms with Gasteiger partial charge in [0.15, 0.2) is 0 Å². The Morgan fingerprint density at radius 2 is 2.00 bits per heavy atom. The molecule has 8 nitrogen and oxygen atoms in total. The summed E-state index contributed by atoms with van der Waals surface area (Å²) in [7, 11) is 0. The van der Waals surface area contributed by atoms with E-state index in [1.807, 2.05) is 18.2 Å². The highest BCUT2D eigenvalue weighted by Crippen LogP contribution is 2.35. The van der Waals surface area contributed by atoms with E-state index in [1.54, 1.807) is 6.07 Å². The number of nitrogens with zero attached hydrogens (tertiary/aromatic N) is 3. The van der Waals surface area contributed by atoms with Crippen molar-refractivity contribution in [1.29, 1.82) is 0 Å². The van der Waals surface area contributed by atoms with Crippen LogP contribution in [0.4, 0.5) is 27.5 Å². The molecule has 9 heteroatoms. The Bertz CT molecular complexity index is 923. The van der Waals surface area contributed by atoms with E-state index < -0.39 is 11.0 Å². The van der Waals surface area contributed by atoms with Crippen molar-refractivity contribution >= 4 is 44.8 Å². The van der Waals surface area contributed by atoms with Gasteiger partial charge in [-0.25, -0.2) is 4.79 Å². The number of para-hydroxylation sites is 1. The van der Waals surface area contributed by atoms with Crippen molar-refractivity contribution in [3.8, 4) is 0 Å². The molecule has 2 saturated heterocycles. The molecule has 2 aromatic carbocycles. The van der Waals surface area contributed by atoms with E-state index in [0.717, 1.165) is 29.7 Å². The van der Waals surface area contributed by atoms with Crippen LogP contribution >= 0.6 is 15.9 Å². The molecule has 1 N–H and O–H groups in total. The van der Waals surface area contributed by atoms with Gasteiger partial charge in [-0.3, -0.25) is 15.0 Å². The summed E-state index contributed by atoms with van der Waals surface area (Å²) >= 11 is 3.59. The normalized spacial score (nSPS) is 19.0. The number of nitrogens with one attached hydrogen (secondary N) is 1. The molecule has 1 unspecified atom stereocenters. The van der Waals surface area contributed by atoms with Gasteiger partial charge in [0.05, 0.1) is 28.5 Å². The van der Waals surface area contributed by atoms with Crippen LogP contribution in [0.25, 0.3) is 0 Å². The van der Waals surface area contributed by atoms with Crippen LogP contribution in [0.1, 0.15) is 6.42 Å². The number of hydrogen-bond donors (Lipinski definition) is 1. The molecule has 1 atom stereocenters.